The molecule has 10 heavy (non-hydrogen) atoms. The molecular formula is C7H13NO2. The fourth-order valence-corrected chi connectivity index (χ4v) is 0.636. The molecule has 1 N–H and O–H groups in total. The summed E-state index contributed by atoms with van der Waals surface area (Å²) >= 11 is 0. The van der Waals surface area contributed by atoms with E-state index in [-0.39, 0.29) is 0 Å². The zero-order valence-electron chi connectivity index (χ0n) is 6.60. The molecule has 0 spiro atoms. The van der Waals surface area contributed by atoms with Crippen LogP contribution in [-0.2, 0) is 9.63 Å². The number of rotatable bonds is 4. The normalized spacial score (nSPS) is 9.20. The second-order valence-corrected chi connectivity index (χ2v) is 2.48. The molecule has 0 heterocycles. The van der Waals surface area contributed by atoms with Gasteiger partial charge in [-0.25, -0.2) is 4.79 Å². The van der Waals surface area contributed by atoms with Gasteiger partial charge in [0.15, 0.2) is 0 Å². The number of hydroxylamine groups is 1. The molecule has 0 aromatic carbocycles. The maximum Gasteiger partial charge on any atom is 0.147 e. The zero-order chi connectivity index (χ0) is 7.98. The lowest BCUT2D eigenvalue weighted by Gasteiger charge is -2.05. The smallest absolute Gasteiger partial charge is 0.147 e. The molecule has 0 aliphatic carbocycles. The van der Waals surface area contributed by atoms with Gasteiger partial charge in [-0.15, -0.1) is 0 Å². The minimum Gasteiger partial charge on any atom is -0.279 e. The van der Waals surface area contributed by atoms with E-state index in [1.165, 1.54) is 7.11 Å². The Labute approximate surface area is 61.0 Å². The van der Waals surface area contributed by atoms with E-state index in [4.69, 9.17) is 0 Å². The highest BCUT2D eigenvalue weighted by Crippen LogP contribution is 2.04. The van der Waals surface area contributed by atoms with Gasteiger partial charge >= 0.3 is 0 Å². The lowest BCUT2D eigenvalue weighted by atomic mass is 10.1. The van der Waals surface area contributed by atoms with Gasteiger partial charge in [0.05, 0.1) is 7.11 Å². The number of allylic oxidation sites excluding steroid dienone is 1. The molecule has 0 aliphatic heterocycles. The monoisotopic (exact) mass is 143 g/mol. The standard InChI is InChI=1S/C7H13NO2/c1-6(2)4-7(5-9)8-10-3/h6,8H,4H2,1-3H3. The molecule has 0 aromatic heterocycles. The number of carbonyl (C=O) groups excluding carboxylic acids is 1. The van der Waals surface area contributed by atoms with E-state index in [9.17, 15) is 4.79 Å². The Kier molecular flexibility index (Phi) is 4.63. The van der Waals surface area contributed by atoms with Crippen molar-refractivity contribution >= 4 is 5.94 Å². The highest BCUT2D eigenvalue weighted by Gasteiger charge is 1.99. The van der Waals surface area contributed by atoms with Crippen molar-refractivity contribution < 1.29 is 9.63 Å². The second kappa shape index (κ2) is 5.03. The molecule has 0 atom stereocenters. The summed E-state index contributed by atoms with van der Waals surface area (Å²) in [6.07, 6.45) is 0.678. The summed E-state index contributed by atoms with van der Waals surface area (Å²) in [6.45, 7) is 4.04. The fourth-order valence-electron chi connectivity index (χ4n) is 0.636. The molecule has 0 unspecified atom stereocenters. The third kappa shape index (κ3) is 4.13. The number of hydrogen-bond donors (Lipinski definition) is 1. The highest BCUT2D eigenvalue weighted by atomic mass is 16.6. The van der Waals surface area contributed by atoms with Crippen molar-refractivity contribution in [3.8, 4) is 0 Å². The van der Waals surface area contributed by atoms with Crippen molar-refractivity contribution in [3.05, 3.63) is 5.70 Å². The van der Waals surface area contributed by atoms with Gasteiger partial charge in [0.2, 0.25) is 0 Å². The highest BCUT2D eigenvalue weighted by molar-refractivity contribution is 5.50. The van der Waals surface area contributed by atoms with Crippen LogP contribution in [0.25, 0.3) is 0 Å². The van der Waals surface area contributed by atoms with E-state index in [0.29, 0.717) is 18.0 Å². The van der Waals surface area contributed by atoms with Crippen molar-refractivity contribution in [2.45, 2.75) is 20.3 Å². The predicted octanol–water partition coefficient (Wildman–Crippen LogP) is 0.899. The van der Waals surface area contributed by atoms with Crippen molar-refractivity contribution in [2.75, 3.05) is 7.11 Å². The summed E-state index contributed by atoms with van der Waals surface area (Å²) in [5, 5.41) is 0. The Hall–Kier alpha value is -0.790. The van der Waals surface area contributed by atoms with Crippen LogP contribution in [0.2, 0.25) is 0 Å². The first-order chi connectivity index (χ1) is 4.70. The van der Waals surface area contributed by atoms with Crippen molar-refractivity contribution in [1.82, 2.24) is 5.48 Å². The first-order valence-electron chi connectivity index (χ1n) is 3.23. The Morgan fingerprint density at radius 1 is 1.70 bits per heavy atom. The van der Waals surface area contributed by atoms with Gasteiger partial charge in [-0.2, -0.15) is 0 Å². The third-order valence-electron chi connectivity index (χ3n) is 0.961. The summed E-state index contributed by atoms with van der Waals surface area (Å²) in [7, 11) is 1.47. The second-order valence-electron chi connectivity index (χ2n) is 2.48. The van der Waals surface area contributed by atoms with Gasteiger partial charge in [0.25, 0.3) is 0 Å². The van der Waals surface area contributed by atoms with Gasteiger partial charge in [-0.1, -0.05) is 13.8 Å². The van der Waals surface area contributed by atoms with Crippen molar-refractivity contribution in [2.24, 2.45) is 5.92 Å². The lowest BCUT2D eigenvalue weighted by Crippen LogP contribution is -2.13. The quantitative estimate of drug-likeness (QED) is 0.469. The van der Waals surface area contributed by atoms with Crippen LogP contribution in [0.3, 0.4) is 0 Å². The summed E-state index contributed by atoms with van der Waals surface area (Å²) in [5.41, 5.74) is 2.93. The van der Waals surface area contributed by atoms with Gasteiger partial charge in [0.1, 0.15) is 11.6 Å². The van der Waals surface area contributed by atoms with E-state index in [2.05, 4.69) is 10.3 Å². The van der Waals surface area contributed by atoms with Crippen LogP contribution in [0.1, 0.15) is 20.3 Å². The van der Waals surface area contributed by atoms with Crippen LogP contribution in [0, 0.1) is 5.92 Å². The Morgan fingerprint density at radius 2 is 2.30 bits per heavy atom. The molecule has 0 rings (SSSR count). The first-order valence-corrected chi connectivity index (χ1v) is 3.23. The van der Waals surface area contributed by atoms with E-state index in [0.717, 1.165) is 0 Å². The molecule has 0 bridgehead atoms. The van der Waals surface area contributed by atoms with Gasteiger partial charge < -0.3 is 0 Å². The summed E-state index contributed by atoms with van der Waals surface area (Å²) in [5.74, 6) is 2.21. The van der Waals surface area contributed by atoms with Crippen molar-refractivity contribution in [1.29, 1.82) is 0 Å². The molecule has 0 fully saturated rings. The Balaban J connectivity index is 3.74. The lowest BCUT2D eigenvalue weighted by molar-refractivity contribution is 0.114. The Morgan fingerprint density at radius 3 is 2.60 bits per heavy atom. The SMILES string of the molecule is CONC(=C=O)CC(C)C. The van der Waals surface area contributed by atoms with Crippen LogP contribution >= 0.6 is 0 Å². The molecular weight excluding hydrogens is 130 g/mol. The fraction of sp³-hybridized carbons (Fsp3) is 0.714. The van der Waals surface area contributed by atoms with E-state index in [1.807, 2.05) is 13.8 Å². The first kappa shape index (κ1) is 9.21. The molecule has 0 aromatic rings. The third-order valence-corrected chi connectivity index (χ3v) is 0.961. The van der Waals surface area contributed by atoms with E-state index in [1.54, 1.807) is 5.94 Å². The van der Waals surface area contributed by atoms with Crippen LogP contribution in [-0.4, -0.2) is 13.1 Å². The number of hydrogen-bond acceptors (Lipinski definition) is 3. The molecule has 0 radical (unpaired) electrons. The molecule has 3 heteroatoms. The largest absolute Gasteiger partial charge is 0.279 e. The molecule has 0 saturated heterocycles. The summed E-state index contributed by atoms with van der Waals surface area (Å²) in [4.78, 5) is 14.7. The number of nitrogens with one attached hydrogen (secondary N) is 1. The van der Waals surface area contributed by atoms with Crippen LogP contribution in [0.15, 0.2) is 5.70 Å². The summed E-state index contributed by atoms with van der Waals surface area (Å²) < 4.78 is 0. The zero-order valence-corrected chi connectivity index (χ0v) is 6.60. The van der Waals surface area contributed by atoms with Gasteiger partial charge in [-0.05, 0) is 5.92 Å². The van der Waals surface area contributed by atoms with E-state index < -0.39 is 0 Å². The van der Waals surface area contributed by atoms with Gasteiger partial charge in [-0.3, -0.25) is 10.3 Å². The van der Waals surface area contributed by atoms with Crippen LogP contribution in [0.5, 0.6) is 0 Å². The molecule has 58 valence electrons. The topological polar surface area (TPSA) is 38.3 Å². The Bertz CT molecular complexity index is 137. The predicted molar refractivity (Wildman–Crippen MR) is 38.8 cm³/mol. The van der Waals surface area contributed by atoms with Crippen LogP contribution < -0.4 is 5.48 Å². The average Bonchev–Trinajstić information content (AvgIpc) is 1.86. The van der Waals surface area contributed by atoms with Gasteiger partial charge in [0, 0.05) is 6.42 Å². The average molecular weight is 143 g/mol. The minimum absolute atomic E-state index is 0.444. The molecule has 0 saturated carbocycles. The maximum atomic E-state index is 10.1. The summed E-state index contributed by atoms with van der Waals surface area (Å²) in [6, 6.07) is 0. The maximum absolute atomic E-state index is 10.1. The van der Waals surface area contributed by atoms with E-state index >= 15 is 0 Å². The van der Waals surface area contributed by atoms with Crippen molar-refractivity contribution in [3.63, 3.8) is 0 Å². The molecule has 0 amide bonds. The van der Waals surface area contributed by atoms with Crippen LogP contribution in [0.4, 0.5) is 0 Å². The molecule has 3 nitrogen and oxygen atoms in total. The molecule has 0 aliphatic rings. The minimum atomic E-state index is 0.444.